The molecule has 0 spiro atoms. The van der Waals surface area contributed by atoms with Crippen LogP contribution in [0.15, 0.2) is 29.3 Å². The molecule has 0 unspecified atom stereocenters. The van der Waals surface area contributed by atoms with Crippen LogP contribution < -0.4 is 5.32 Å². The lowest BCUT2D eigenvalue weighted by molar-refractivity contribution is -0.0149. The zero-order valence-electron chi connectivity index (χ0n) is 18.5. The lowest BCUT2D eigenvalue weighted by Gasteiger charge is -2.27. The lowest BCUT2D eigenvalue weighted by Crippen LogP contribution is -2.40. The van der Waals surface area contributed by atoms with Crippen LogP contribution in [0.25, 0.3) is 0 Å². The highest BCUT2D eigenvalue weighted by Crippen LogP contribution is 2.18. The van der Waals surface area contributed by atoms with E-state index in [0.717, 1.165) is 38.2 Å². The van der Waals surface area contributed by atoms with Crippen molar-refractivity contribution in [1.29, 1.82) is 0 Å². The minimum Gasteiger partial charge on any atom is -0.381 e. The average molecular weight is 390 g/mol. The van der Waals surface area contributed by atoms with Crippen LogP contribution in [-0.4, -0.2) is 49.8 Å². The first kappa shape index (κ1) is 22.7. The molecule has 5 nitrogen and oxygen atoms in total. The SMILES string of the molecule is CCNC(=NCc1cccc(COC(C)(C)C)c1)N(C)CCC1CCOCC1. The number of nitrogens with one attached hydrogen (secondary N) is 1. The second-order valence-electron chi connectivity index (χ2n) is 8.66. The molecular formula is C23H39N3O2. The predicted octanol–water partition coefficient (Wildman–Crippen LogP) is 4.22. The van der Waals surface area contributed by atoms with Gasteiger partial charge in [0.15, 0.2) is 5.96 Å². The van der Waals surface area contributed by atoms with Gasteiger partial charge in [-0.2, -0.15) is 0 Å². The Morgan fingerprint density at radius 2 is 1.96 bits per heavy atom. The van der Waals surface area contributed by atoms with E-state index in [1.165, 1.54) is 30.4 Å². The third-order valence-corrected chi connectivity index (χ3v) is 4.98. The number of hydrogen-bond acceptors (Lipinski definition) is 3. The molecule has 1 N–H and O–H groups in total. The summed E-state index contributed by atoms with van der Waals surface area (Å²) in [5.74, 6) is 1.75. The molecule has 0 saturated carbocycles. The molecule has 0 amide bonds. The summed E-state index contributed by atoms with van der Waals surface area (Å²) in [6.45, 7) is 13.4. The Kier molecular flexibility index (Phi) is 9.26. The van der Waals surface area contributed by atoms with Crippen molar-refractivity contribution < 1.29 is 9.47 Å². The topological polar surface area (TPSA) is 46.1 Å². The second-order valence-corrected chi connectivity index (χ2v) is 8.66. The first-order chi connectivity index (χ1) is 13.4. The van der Waals surface area contributed by atoms with Crippen molar-refractivity contribution in [1.82, 2.24) is 10.2 Å². The van der Waals surface area contributed by atoms with Gasteiger partial charge < -0.3 is 19.7 Å². The maximum absolute atomic E-state index is 5.90. The van der Waals surface area contributed by atoms with Crippen LogP contribution in [0.3, 0.4) is 0 Å². The summed E-state index contributed by atoms with van der Waals surface area (Å²) < 4.78 is 11.4. The molecule has 1 fully saturated rings. The fourth-order valence-electron chi connectivity index (χ4n) is 3.27. The molecule has 1 saturated heterocycles. The van der Waals surface area contributed by atoms with Gasteiger partial charge in [0.2, 0.25) is 0 Å². The maximum atomic E-state index is 5.90. The van der Waals surface area contributed by atoms with Gasteiger partial charge in [-0.15, -0.1) is 0 Å². The molecule has 1 heterocycles. The van der Waals surface area contributed by atoms with Crippen LogP contribution in [0.1, 0.15) is 58.1 Å². The standard InChI is InChI=1S/C23H39N3O2/c1-6-24-22(26(5)13-10-19-11-14-27-15-12-19)25-17-20-8-7-9-21(16-20)18-28-23(2,3)4/h7-9,16,19H,6,10-15,17-18H2,1-5H3,(H,24,25). The van der Waals surface area contributed by atoms with Crippen molar-refractivity contribution in [3.63, 3.8) is 0 Å². The number of aliphatic imine (C=N–C) groups is 1. The maximum Gasteiger partial charge on any atom is 0.193 e. The number of guanidine groups is 1. The molecular weight excluding hydrogens is 350 g/mol. The summed E-state index contributed by atoms with van der Waals surface area (Å²) in [5, 5.41) is 3.43. The number of ether oxygens (including phenoxy) is 2. The zero-order chi connectivity index (χ0) is 20.4. The Bertz CT molecular complexity index is 604. The molecule has 28 heavy (non-hydrogen) atoms. The number of benzene rings is 1. The Morgan fingerprint density at radius 1 is 1.25 bits per heavy atom. The fraction of sp³-hybridized carbons (Fsp3) is 0.696. The highest BCUT2D eigenvalue weighted by atomic mass is 16.5. The monoisotopic (exact) mass is 389 g/mol. The normalized spacial score (nSPS) is 16.2. The minimum atomic E-state index is -0.125. The molecule has 0 bridgehead atoms. The summed E-state index contributed by atoms with van der Waals surface area (Å²) >= 11 is 0. The van der Waals surface area contributed by atoms with E-state index in [9.17, 15) is 0 Å². The molecule has 1 aliphatic rings. The highest BCUT2D eigenvalue weighted by Gasteiger charge is 2.15. The third-order valence-electron chi connectivity index (χ3n) is 4.98. The van der Waals surface area contributed by atoms with Gasteiger partial charge in [-0.1, -0.05) is 24.3 Å². The van der Waals surface area contributed by atoms with Crippen LogP contribution in [0, 0.1) is 5.92 Å². The molecule has 0 atom stereocenters. The summed E-state index contributed by atoms with van der Waals surface area (Å²) in [4.78, 5) is 7.12. The molecule has 1 aromatic carbocycles. The lowest BCUT2D eigenvalue weighted by atomic mass is 9.96. The van der Waals surface area contributed by atoms with Gasteiger partial charge in [0.05, 0.1) is 18.8 Å². The van der Waals surface area contributed by atoms with Gasteiger partial charge in [-0.25, -0.2) is 4.99 Å². The number of rotatable bonds is 8. The molecule has 0 aromatic heterocycles. The molecule has 2 rings (SSSR count). The van der Waals surface area contributed by atoms with Crippen molar-refractivity contribution in [2.45, 2.75) is 65.7 Å². The van der Waals surface area contributed by atoms with E-state index in [4.69, 9.17) is 14.5 Å². The number of nitrogens with zero attached hydrogens (tertiary/aromatic N) is 2. The van der Waals surface area contributed by atoms with Gasteiger partial charge in [0, 0.05) is 33.4 Å². The van der Waals surface area contributed by atoms with Crippen molar-refractivity contribution in [3.05, 3.63) is 35.4 Å². The van der Waals surface area contributed by atoms with Crippen molar-refractivity contribution in [2.24, 2.45) is 10.9 Å². The van der Waals surface area contributed by atoms with Gasteiger partial charge in [-0.05, 0) is 64.0 Å². The Balaban J connectivity index is 1.91. The average Bonchev–Trinajstić information content (AvgIpc) is 2.68. The van der Waals surface area contributed by atoms with Gasteiger partial charge in [0.1, 0.15) is 0 Å². The van der Waals surface area contributed by atoms with Crippen LogP contribution >= 0.6 is 0 Å². The van der Waals surface area contributed by atoms with E-state index < -0.39 is 0 Å². The second kappa shape index (κ2) is 11.4. The van der Waals surface area contributed by atoms with Crippen molar-refractivity contribution >= 4 is 5.96 Å². The van der Waals surface area contributed by atoms with E-state index in [1.807, 2.05) is 0 Å². The zero-order valence-corrected chi connectivity index (χ0v) is 18.5. The molecule has 5 heteroatoms. The first-order valence-electron chi connectivity index (χ1n) is 10.7. The van der Waals surface area contributed by atoms with E-state index >= 15 is 0 Å². The van der Waals surface area contributed by atoms with Gasteiger partial charge in [-0.3, -0.25) is 0 Å². The molecule has 158 valence electrons. The summed E-state index contributed by atoms with van der Waals surface area (Å²) in [6, 6.07) is 8.54. The van der Waals surface area contributed by atoms with Crippen LogP contribution in [0.4, 0.5) is 0 Å². The summed E-state index contributed by atoms with van der Waals surface area (Å²) in [6.07, 6.45) is 3.57. The van der Waals surface area contributed by atoms with Gasteiger partial charge >= 0.3 is 0 Å². The smallest absolute Gasteiger partial charge is 0.193 e. The Labute approximate surface area is 171 Å². The van der Waals surface area contributed by atoms with Crippen LogP contribution in [-0.2, 0) is 22.6 Å². The largest absolute Gasteiger partial charge is 0.381 e. The molecule has 1 aromatic rings. The van der Waals surface area contributed by atoms with E-state index in [2.05, 4.69) is 69.2 Å². The molecule has 1 aliphatic heterocycles. The van der Waals surface area contributed by atoms with Crippen molar-refractivity contribution in [3.8, 4) is 0 Å². The number of hydrogen-bond donors (Lipinski definition) is 1. The van der Waals surface area contributed by atoms with Crippen LogP contribution in [0.2, 0.25) is 0 Å². The Hall–Kier alpha value is -1.59. The van der Waals surface area contributed by atoms with E-state index in [0.29, 0.717) is 13.2 Å². The van der Waals surface area contributed by atoms with Gasteiger partial charge in [0.25, 0.3) is 0 Å². The third kappa shape index (κ3) is 8.61. The quantitative estimate of drug-likeness (QED) is 0.534. The van der Waals surface area contributed by atoms with Crippen LogP contribution in [0.5, 0.6) is 0 Å². The summed E-state index contributed by atoms with van der Waals surface area (Å²) in [5.41, 5.74) is 2.28. The fourth-order valence-corrected chi connectivity index (χ4v) is 3.27. The first-order valence-corrected chi connectivity index (χ1v) is 10.7. The van der Waals surface area contributed by atoms with E-state index in [-0.39, 0.29) is 5.60 Å². The minimum absolute atomic E-state index is 0.125. The Morgan fingerprint density at radius 3 is 2.64 bits per heavy atom. The molecule has 0 radical (unpaired) electrons. The highest BCUT2D eigenvalue weighted by molar-refractivity contribution is 5.79. The predicted molar refractivity (Wildman–Crippen MR) is 117 cm³/mol. The van der Waals surface area contributed by atoms with E-state index in [1.54, 1.807) is 0 Å². The van der Waals surface area contributed by atoms with Crippen molar-refractivity contribution in [2.75, 3.05) is 33.4 Å². The molecule has 0 aliphatic carbocycles. The summed E-state index contributed by atoms with van der Waals surface area (Å²) in [7, 11) is 2.13.